The smallest absolute Gasteiger partial charge is 0.308 e. The number of likely N-dealkylation sites (N-methyl/N-ethyl adjacent to an activating group) is 1. The molecule has 4 heterocycles. The Labute approximate surface area is 371 Å². The summed E-state index contributed by atoms with van der Waals surface area (Å²) in [5.74, 6) is -3.73. The molecule has 0 radical (unpaired) electrons. The molecule has 63 heavy (non-hydrogen) atoms. The molecule has 4 rings (SSSR count). The quantitative estimate of drug-likeness (QED) is 0.119. The SMILES string of the molecule is CC[C@H]1OC(=O)C[C@@H](O)[C@H](C)[C@@H](O[C@@H]2O[C@H](C)[C@@H](O[C@H]3C[C@@](C)(O)[C@@H](O)[C@H](C)O3)[C@H](N(C)C)[C@H]2O)[C@@H](CC=O)C[C@@H](C)C(=O)C=CC(C)=C[C@@H]1CO[C@@H]1O[C@H](C)[C@@H](O)[C@@H](OC)[C@H]1O. The van der Waals surface area contributed by atoms with Gasteiger partial charge in [-0.15, -0.1) is 0 Å². The van der Waals surface area contributed by atoms with Crippen LogP contribution in [-0.2, 0) is 52.3 Å². The van der Waals surface area contributed by atoms with Gasteiger partial charge in [-0.25, -0.2) is 0 Å². The molecular formula is C45H75NO17. The molecule has 362 valence electrons. The number of ether oxygens (including phenoxy) is 8. The number of hydrogen-bond acceptors (Lipinski definition) is 18. The Balaban J connectivity index is 1.61. The minimum absolute atomic E-state index is 0.0412. The third-order valence-electron chi connectivity index (χ3n) is 13.2. The fourth-order valence-electron chi connectivity index (χ4n) is 9.28. The Morgan fingerprint density at radius 2 is 1.54 bits per heavy atom. The molecule has 0 unspecified atom stereocenters. The number of carbonyl (C=O) groups excluding carboxylic acids is 3. The highest BCUT2D eigenvalue weighted by Gasteiger charge is 2.51. The molecule has 0 aromatic rings. The molecule has 18 nitrogen and oxygen atoms in total. The van der Waals surface area contributed by atoms with E-state index in [1.807, 2.05) is 6.92 Å². The van der Waals surface area contributed by atoms with Crippen LogP contribution in [0.3, 0.4) is 0 Å². The predicted molar refractivity (Wildman–Crippen MR) is 226 cm³/mol. The number of aliphatic hydroxyl groups is 6. The van der Waals surface area contributed by atoms with Crippen LogP contribution in [0.5, 0.6) is 0 Å². The third-order valence-corrected chi connectivity index (χ3v) is 13.2. The summed E-state index contributed by atoms with van der Waals surface area (Å²) < 4.78 is 48.3. The molecule has 4 aliphatic heterocycles. The summed E-state index contributed by atoms with van der Waals surface area (Å²) in [5, 5.41) is 66.4. The molecule has 21 atom stereocenters. The van der Waals surface area contributed by atoms with Crippen LogP contribution in [0.1, 0.15) is 87.5 Å². The zero-order chi connectivity index (χ0) is 47.1. The molecule has 0 aromatic carbocycles. The Hall–Kier alpha value is -2.27. The summed E-state index contributed by atoms with van der Waals surface area (Å²) in [6.07, 6.45) is -10.0. The van der Waals surface area contributed by atoms with Crippen molar-refractivity contribution in [1.82, 2.24) is 4.90 Å². The number of ketones is 1. The second-order valence-corrected chi connectivity index (χ2v) is 18.5. The number of cyclic esters (lactones) is 1. The van der Waals surface area contributed by atoms with Crippen LogP contribution < -0.4 is 0 Å². The van der Waals surface area contributed by atoms with Crippen molar-refractivity contribution < 1.29 is 82.9 Å². The molecular weight excluding hydrogens is 826 g/mol. The second-order valence-electron chi connectivity index (χ2n) is 18.5. The monoisotopic (exact) mass is 902 g/mol. The lowest BCUT2D eigenvalue weighted by atomic mass is 9.79. The first kappa shape index (κ1) is 53.3. The number of allylic oxidation sites excluding steroid dienone is 3. The number of rotatable bonds is 12. The van der Waals surface area contributed by atoms with E-state index in [0.29, 0.717) is 18.3 Å². The molecule has 0 aromatic heterocycles. The first-order valence-electron chi connectivity index (χ1n) is 22.3. The van der Waals surface area contributed by atoms with Gasteiger partial charge < -0.3 is 78.2 Å². The summed E-state index contributed by atoms with van der Waals surface area (Å²) >= 11 is 0. The summed E-state index contributed by atoms with van der Waals surface area (Å²) in [4.78, 5) is 41.4. The average molecular weight is 902 g/mol. The van der Waals surface area contributed by atoms with Crippen molar-refractivity contribution in [2.75, 3.05) is 27.8 Å². The number of aldehydes is 1. The fourth-order valence-corrected chi connectivity index (χ4v) is 9.28. The predicted octanol–water partition coefficient (Wildman–Crippen LogP) is 1.18. The van der Waals surface area contributed by atoms with Crippen molar-refractivity contribution in [2.45, 2.75) is 191 Å². The van der Waals surface area contributed by atoms with E-state index in [0.717, 1.165) is 0 Å². The van der Waals surface area contributed by atoms with Gasteiger partial charge in [-0.3, -0.25) is 9.59 Å². The van der Waals surface area contributed by atoms with Crippen molar-refractivity contribution in [3.8, 4) is 0 Å². The number of esters is 1. The van der Waals surface area contributed by atoms with Crippen LogP contribution in [0.25, 0.3) is 0 Å². The van der Waals surface area contributed by atoms with Gasteiger partial charge in [-0.2, -0.15) is 0 Å². The molecule has 18 heteroatoms. The van der Waals surface area contributed by atoms with Crippen molar-refractivity contribution in [2.24, 2.45) is 23.7 Å². The van der Waals surface area contributed by atoms with Gasteiger partial charge in [0.05, 0.1) is 55.2 Å². The number of hydrogen-bond donors (Lipinski definition) is 6. The van der Waals surface area contributed by atoms with Crippen LogP contribution in [0.4, 0.5) is 0 Å². The van der Waals surface area contributed by atoms with E-state index in [4.69, 9.17) is 37.9 Å². The molecule has 0 saturated carbocycles. The van der Waals surface area contributed by atoms with E-state index in [-0.39, 0.29) is 31.7 Å². The third kappa shape index (κ3) is 13.4. The maximum Gasteiger partial charge on any atom is 0.308 e. The van der Waals surface area contributed by atoms with E-state index < -0.39 is 140 Å². The zero-order valence-electron chi connectivity index (χ0n) is 38.7. The van der Waals surface area contributed by atoms with Gasteiger partial charge in [0.15, 0.2) is 24.7 Å². The first-order valence-corrected chi connectivity index (χ1v) is 22.3. The zero-order valence-corrected chi connectivity index (χ0v) is 38.7. The normalized spacial score (nSPS) is 45.1. The van der Waals surface area contributed by atoms with Gasteiger partial charge in [0.1, 0.15) is 49.0 Å². The van der Waals surface area contributed by atoms with E-state index in [1.165, 1.54) is 20.1 Å². The summed E-state index contributed by atoms with van der Waals surface area (Å²) in [6, 6.07) is -0.755. The lowest BCUT2D eigenvalue weighted by Gasteiger charge is -2.50. The van der Waals surface area contributed by atoms with Gasteiger partial charge in [0, 0.05) is 37.7 Å². The maximum absolute atomic E-state index is 13.7. The largest absolute Gasteiger partial charge is 0.462 e. The molecule has 6 N–H and O–H groups in total. The topological polar surface area (TPSA) is 250 Å². The number of nitrogens with zero attached hydrogens (tertiary/aromatic N) is 1. The van der Waals surface area contributed by atoms with E-state index in [9.17, 15) is 45.0 Å². The van der Waals surface area contributed by atoms with Crippen LogP contribution >= 0.6 is 0 Å². The highest BCUT2D eigenvalue weighted by molar-refractivity contribution is 5.91. The molecule has 0 bridgehead atoms. The number of aliphatic hydroxyl groups excluding tert-OH is 5. The number of carbonyl (C=O) groups is 3. The van der Waals surface area contributed by atoms with Gasteiger partial charge in [0.2, 0.25) is 0 Å². The minimum atomic E-state index is -1.49. The highest BCUT2D eigenvalue weighted by atomic mass is 16.7. The van der Waals surface area contributed by atoms with E-state index >= 15 is 0 Å². The molecule has 0 spiro atoms. The molecule has 3 saturated heterocycles. The van der Waals surface area contributed by atoms with Crippen LogP contribution in [0.15, 0.2) is 23.8 Å². The van der Waals surface area contributed by atoms with Gasteiger partial charge in [0.25, 0.3) is 0 Å². The van der Waals surface area contributed by atoms with Crippen molar-refractivity contribution in [3.05, 3.63) is 23.8 Å². The fraction of sp³-hybridized carbons (Fsp3) is 0.844. The van der Waals surface area contributed by atoms with Crippen molar-refractivity contribution >= 4 is 18.0 Å². The standard InChI is InChI=1S/C45H75NO17/c1-12-32-29(21-57-43-38(53)41(56-11)36(51)25(5)59-43)17-22(2)13-14-30(48)23(3)18-28(15-16-47)39(24(4)31(49)19-33(50)61-32)63-44-37(52)35(46(9)10)40(26(6)60-44)62-34-20-45(8,55)42(54)27(7)58-34/h13-14,16-17,23-29,31-32,34-44,49,51-55H,12,15,18-21H2,1-11H3/t23-,24+,25-,26-,27+,28+,29-,31-,32-,34+,35-,36-,37-,38-,39-,40-,41-,42+,43-,44+,45-/m1/s1. The van der Waals surface area contributed by atoms with E-state index in [2.05, 4.69) is 0 Å². The first-order chi connectivity index (χ1) is 29.5. The van der Waals surface area contributed by atoms with Crippen molar-refractivity contribution in [3.63, 3.8) is 0 Å². The lowest BCUT2D eigenvalue weighted by Crippen LogP contribution is -2.65. The summed E-state index contributed by atoms with van der Waals surface area (Å²) in [6.45, 7) is 13.4. The Bertz CT molecular complexity index is 1540. The molecule has 0 amide bonds. The maximum atomic E-state index is 13.7. The van der Waals surface area contributed by atoms with E-state index in [1.54, 1.807) is 72.7 Å². The van der Waals surface area contributed by atoms with Crippen LogP contribution in [0.2, 0.25) is 0 Å². The number of methoxy groups -OCH3 is 1. The average Bonchev–Trinajstić information content (AvgIpc) is 3.21. The molecule has 3 fully saturated rings. The van der Waals surface area contributed by atoms with Crippen LogP contribution in [-0.4, -0.2) is 185 Å². The second kappa shape index (κ2) is 23.5. The minimum Gasteiger partial charge on any atom is -0.462 e. The Kier molecular flexibility index (Phi) is 19.9. The Morgan fingerprint density at radius 1 is 0.873 bits per heavy atom. The van der Waals surface area contributed by atoms with Crippen LogP contribution in [0, 0.1) is 23.7 Å². The summed E-state index contributed by atoms with van der Waals surface area (Å²) in [7, 11) is 4.86. The summed E-state index contributed by atoms with van der Waals surface area (Å²) in [5.41, 5.74) is -0.845. The van der Waals surface area contributed by atoms with Gasteiger partial charge in [-0.05, 0) is 73.5 Å². The lowest BCUT2D eigenvalue weighted by molar-refractivity contribution is -0.341. The highest BCUT2D eigenvalue weighted by Crippen LogP contribution is 2.37. The Morgan fingerprint density at radius 3 is 2.14 bits per heavy atom. The van der Waals surface area contributed by atoms with Crippen molar-refractivity contribution in [1.29, 1.82) is 0 Å². The molecule has 0 aliphatic carbocycles. The van der Waals surface area contributed by atoms with Gasteiger partial charge in [-0.1, -0.05) is 38.5 Å². The van der Waals surface area contributed by atoms with Gasteiger partial charge >= 0.3 is 5.97 Å². The molecule has 4 aliphatic rings.